The van der Waals surface area contributed by atoms with Crippen molar-refractivity contribution in [1.29, 1.82) is 10.5 Å². The minimum atomic E-state index is -0.167. The first-order chi connectivity index (χ1) is 11.2. The molecule has 2 aliphatic rings. The van der Waals surface area contributed by atoms with E-state index >= 15 is 0 Å². The second kappa shape index (κ2) is 6.86. The highest BCUT2D eigenvalue weighted by atomic mass is 32.2. The maximum Gasteiger partial charge on any atom is 0.240 e. The molecule has 2 fully saturated rings. The molecule has 0 saturated carbocycles. The Morgan fingerprint density at radius 3 is 3.00 bits per heavy atom. The molecule has 8 heteroatoms. The number of nitriles is 2. The zero-order valence-electron chi connectivity index (χ0n) is 12.5. The summed E-state index contributed by atoms with van der Waals surface area (Å²) in [4.78, 5) is 18.4. The van der Waals surface area contributed by atoms with Gasteiger partial charge in [-0.3, -0.25) is 4.79 Å². The van der Waals surface area contributed by atoms with E-state index in [0.717, 1.165) is 18.2 Å². The predicted octanol–water partition coefficient (Wildman–Crippen LogP) is 0.500. The van der Waals surface area contributed by atoms with Gasteiger partial charge in [0.2, 0.25) is 5.91 Å². The first kappa shape index (κ1) is 15.6. The number of carbonyl (C=O) groups excluding carboxylic acids is 1. The van der Waals surface area contributed by atoms with Gasteiger partial charge in [0.25, 0.3) is 0 Å². The quantitative estimate of drug-likeness (QED) is 0.832. The molecule has 0 aromatic carbocycles. The normalized spacial score (nSPS) is 23.3. The third-order valence-electron chi connectivity index (χ3n) is 3.97. The van der Waals surface area contributed by atoms with E-state index in [0.29, 0.717) is 18.8 Å². The molecule has 0 aliphatic carbocycles. The first-order valence-electron chi connectivity index (χ1n) is 7.39. The highest BCUT2D eigenvalue weighted by Crippen LogP contribution is 2.19. The van der Waals surface area contributed by atoms with Crippen molar-refractivity contribution in [2.45, 2.75) is 18.5 Å². The van der Waals surface area contributed by atoms with Crippen LogP contribution in [0, 0.1) is 22.7 Å². The Kier molecular flexibility index (Phi) is 4.65. The van der Waals surface area contributed by atoms with Crippen LogP contribution in [0.5, 0.6) is 0 Å². The third-order valence-corrected chi connectivity index (χ3v) is 4.93. The van der Waals surface area contributed by atoms with E-state index in [-0.39, 0.29) is 29.2 Å². The number of nitrogens with zero attached hydrogens (tertiary/aromatic N) is 4. The van der Waals surface area contributed by atoms with Crippen LogP contribution in [0.15, 0.2) is 12.1 Å². The largest absolute Gasteiger partial charge is 0.366 e. The molecule has 2 saturated heterocycles. The van der Waals surface area contributed by atoms with Crippen molar-refractivity contribution in [2.75, 3.05) is 30.0 Å². The van der Waals surface area contributed by atoms with Crippen LogP contribution in [0.2, 0.25) is 0 Å². The minimum Gasteiger partial charge on any atom is -0.366 e. The predicted molar refractivity (Wildman–Crippen MR) is 86.5 cm³/mol. The Balaban J connectivity index is 1.61. The van der Waals surface area contributed by atoms with Gasteiger partial charge in [-0.2, -0.15) is 10.5 Å². The lowest BCUT2D eigenvalue weighted by Gasteiger charge is -2.19. The number of hydrogen-bond acceptors (Lipinski definition) is 7. The molecular weight excluding hydrogens is 312 g/mol. The Bertz CT molecular complexity index is 688. The number of carbonyl (C=O) groups is 1. The van der Waals surface area contributed by atoms with Gasteiger partial charge in [0.1, 0.15) is 18.0 Å². The summed E-state index contributed by atoms with van der Waals surface area (Å²) < 4.78 is 0. The van der Waals surface area contributed by atoms with Gasteiger partial charge < -0.3 is 15.5 Å². The van der Waals surface area contributed by atoms with Gasteiger partial charge in [0.05, 0.1) is 17.5 Å². The number of aromatic nitrogens is 1. The lowest BCUT2D eigenvalue weighted by atomic mass is 10.1. The molecule has 3 heterocycles. The van der Waals surface area contributed by atoms with Crippen LogP contribution >= 0.6 is 11.8 Å². The summed E-state index contributed by atoms with van der Waals surface area (Å²) >= 11 is 1.77. The molecule has 0 radical (unpaired) electrons. The SMILES string of the molecule is N#Cc1ccc(N[C@@H]2CN[C@H](C(=O)N3CCSC3)C2)nc1C#N. The van der Waals surface area contributed by atoms with Gasteiger partial charge >= 0.3 is 0 Å². The maximum atomic E-state index is 12.4. The zero-order chi connectivity index (χ0) is 16.2. The monoisotopic (exact) mass is 328 g/mol. The van der Waals surface area contributed by atoms with Crippen molar-refractivity contribution in [2.24, 2.45) is 0 Å². The molecule has 3 rings (SSSR count). The molecule has 0 spiro atoms. The molecule has 7 nitrogen and oxygen atoms in total. The van der Waals surface area contributed by atoms with Crippen LogP contribution in [0.25, 0.3) is 0 Å². The maximum absolute atomic E-state index is 12.4. The number of hydrogen-bond donors (Lipinski definition) is 2. The smallest absolute Gasteiger partial charge is 0.240 e. The van der Waals surface area contributed by atoms with E-state index in [4.69, 9.17) is 10.5 Å². The van der Waals surface area contributed by atoms with Gasteiger partial charge in [-0.15, -0.1) is 11.8 Å². The summed E-state index contributed by atoms with van der Waals surface area (Å²) in [5, 5.41) is 24.4. The van der Waals surface area contributed by atoms with Crippen LogP contribution in [-0.2, 0) is 4.79 Å². The molecule has 23 heavy (non-hydrogen) atoms. The number of anilines is 1. The van der Waals surface area contributed by atoms with Crippen LogP contribution in [0.4, 0.5) is 5.82 Å². The van der Waals surface area contributed by atoms with Crippen LogP contribution < -0.4 is 10.6 Å². The highest BCUT2D eigenvalue weighted by molar-refractivity contribution is 7.99. The Morgan fingerprint density at radius 1 is 1.43 bits per heavy atom. The Labute approximate surface area is 138 Å². The second-order valence-corrected chi connectivity index (χ2v) is 6.57. The molecule has 2 aliphatic heterocycles. The van der Waals surface area contributed by atoms with Gasteiger partial charge in [0.15, 0.2) is 5.69 Å². The van der Waals surface area contributed by atoms with Crippen molar-refractivity contribution >= 4 is 23.5 Å². The fourth-order valence-electron chi connectivity index (χ4n) is 2.77. The Morgan fingerprint density at radius 2 is 2.30 bits per heavy atom. The van der Waals surface area contributed by atoms with E-state index in [2.05, 4.69) is 15.6 Å². The van der Waals surface area contributed by atoms with Gasteiger partial charge in [-0.1, -0.05) is 0 Å². The van der Waals surface area contributed by atoms with Crippen molar-refractivity contribution < 1.29 is 4.79 Å². The van der Waals surface area contributed by atoms with Gasteiger partial charge in [0, 0.05) is 24.9 Å². The fourth-order valence-corrected chi connectivity index (χ4v) is 3.72. The lowest BCUT2D eigenvalue weighted by molar-refractivity contribution is -0.131. The number of nitrogens with one attached hydrogen (secondary N) is 2. The van der Waals surface area contributed by atoms with Crippen molar-refractivity contribution in [3.63, 3.8) is 0 Å². The lowest BCUT2D eigenvalue weighted by Crippen LogP contribution is -2.42. The molecule has 1 aromatic rings. The van der Waals surface area contributed by atoms with Crippen LogP contribution in [-0.4, -0.2) is 52.6 Å². The first-order valence-corrected chi connectivity index (χ1v) is 8.54. The zero-order valence-corrected chi connectivity index (χ0v) is 13.3. The molecular formula is C15H16N6OS. The van der Waals surface area contributed by atoms with Gasteiger partial charge in [-0.25, -0.2) is 4.98 Å². The summed E-state index contributed by atoms with van der Waals surface area (Å²) in [6, 6.07) is 7.05. The number of thioether (sulfide) groups is 1. The van der Waals surface area contributed by atoms with E-state index in [9.17, 15) is 4.79 Å². The van der Waals surface area contributed by atoms with E-state index < -0.39 is 0 Å². The minimum absolute atomic E-state index is 0.0752. The summed E-state index contributed by atoms with van der Waals surface area (Å²) in [6.45, 7) is 1.49. The average molecular weight is 328 g/mol. The number of rotatable bonds is 3. The number of pyridine rings is 1. The molecule has 2 N–H and O–H groups in total. The average Bonchev–Trinajstić information content (AvgIpc) is 3.26. The van der Waals surface area contributed by atoms with Crippen molar-refractivity contribution in [3.8, 4) is 12.1 Å². The van der Waals surface area contributed by atoms with E-state index in [1.165, 1.54) is 0 Å². The van der Waals surface area contributed by atoms with Crippen molar-refractivity contribution in [3.05, 3.63) is 23.4 Å². The van der Waals surface area contributed by atoms with Crippen LogP contribution in [0.3, 0.4) is 0 Å². The van der Waals surface area contributed by atoms with Crippen molar-refractivity contribution in [1.82, 2.24) is 15.2 Å². The molecule has 2 atom stereocenters. The molecule has 0 bridgehead atoms. The molecule has 1 amide bonds. The summed E-state index contributed by atoms with van der Waals surface area (Å²) in [5.74, 6) is 2.49. The highest BCUT2D eigenvalue weighted by Gasteiger charge is 2.33. The summed E-state index contributed by atoms with van der Waals surface area (Å²) in [7, 11) is 0. The fraction of sp³-hybridized carbons (Fsp3) is 0.467. The molecule has 1 aromatic heterocycles. The summed E-state index contributed by atoms with van der Waals surface area (Å²) in [5.41, 5.74) is 0.382. The van der Waals surface area contributed by atoms with Crippen LogP contribution in [0.1, 0.15) is 17.7 Å². The number of amides is 1. The second-order valence-electron chi connectivity index (χ2n) is 5.49. The Hall–Kier alpha value is -2.29. The topological polar surface area (TPSA) is 105 Å². The third kappa shape index (κ3) is 3.39. The van der Waals surface area contributed by atoms with E-state index in [1.54, 1.807) is 23.9 Å². The molecule has 0 unspecified atom stereocenters. The standard InChI is InChI=1S/C15H16N6OS/c16-6-10-1-2-14(20-13(10)7-17)19-11-5-12(18-8-11)15(22)21-3-4-23-9-21/h1-2,11-12,18H,3-5,8-9H2,(H,19,20)/t11-,12-/m0/s1. The molecule has 118 valence electrons. The summed E-state index contributed by atoms with van der Waals surface area (Å²) in [6.07, 6.45) is 0.684. The van der Waals surface area contributed by atoms with Gasteiger partial charge in [-0.05, 0) is 18.6 Å². The van der Waals surface area contributed by atoms with E-state index in [1.807, 2.05) is 17.0 Å².